The van der Waals surface area contributed by atoms with Crippen molar-refractivity contribution in [1.82, 2.24) is 5.32 Å². The van der Waals surface area contributed by atoms with Crippen molar-refractivity contribution in [3.63, 3.8) is 0 Å². The lowest BCUT2D eigenvalue weighted by atomic mass is 10.1. The summed E-state index contributed by atoms with van der Waals surface area (Å²) in [6.45, 7) is 3.91. The summed E-state index contributed by atoms with van der Waals surface area (Å²) in [5.74, 6) is -0.338. The van der Waals surface area contributed by atoms with E-state index in [2.05, 4.69) is 5.32 Å². The highest BCUT2D eigenvalue weighted by molar-refractivity contribution is 5.77. The maximum atomic E-state index is 12.8. The average molecular weight is 252 g/mol. The Morgan fingerprint density at radius 3 is 2.56 bits per heavy atom. The lowest BCUT2D eigenvalue weighted by Gasteiger charge is -2.16. The molecule has 3 N–H and O–H groups in total. The van der Waals surface area contributed by atoms with E-state index < -0.39 is 0 Å². The monoisotopic (exact) mass is 252 g/mol. The molecule has 0 bridgehead atoms. The van der Waals surface area contributed by atoms with Gasteiger partial charge in [0.05, 0.1) is 6.04 Å². The minimum Gasteiger partial charge on any atom is -0.350 e. The fourth-order valence-electron chi connectivity index (χ4n) is 1.85. The molecule has 0 aliphatic rings. The molecule has 0 aromatic heterocycles. The molecule has 1 amide bonds. The summed E-state index contributed by atoms with van der Waals surface area (Å²) in [6.07, 6.45) is 2.15. The molecule has 0 aliphatic carbocycles. The molecule has 4 heteroatoms. The molecule has 0 saturated heterocycles. The molecule has 1 rings (SSSR count). The van der Waals surface area contributed by atoms with E-state index in [9.17, 15) is 9.18 Å². The lowest BCUT2D eigenvalue weighted by molar-refractivity contribution is -0.122. The topological polar surface area (TPSA) is 55.1 Å². The third-order valence-corrected chi connectivity index (χ3v) is 2.85. The summed E-state index contributed by atoms with van der Waals surface area (Å²) < 4.78 is 12.8. The zero-order valence-electron chi connectivity index (χ0n) is 10.9. The van der Waals surface area contributed by atoms with Crippen LogP contribution >= 0.6 is 0 Å². The Balaban J connectivity index is 2.46. The lowest BCUT2D eigenvalue weighted by Crippen LogP contribution is -2.33. The van der Waals surface area contributed by atoms with Crippen LogP contribution in [0.25, 0.3) is 0 Å². The van der Waals surface area contributed by atoms with Crippen molar-refractivity contribution in [2.45, 2.75) is 45.2 Å². The molecular formula is C14H21FN2O. The van der Waals surface area contributed by atoms with E-state index in [1.54, 1.807) is 12.1 Å². The van der Waals surface area contributed by atoms with Crippen LogP contribution in [-0.2, 0) is 4.79 Å². The van der Waals surface area contributed by atoms with Crippen molar-refractivity contribution in [1.29, 1.82) is 0 Å². The predicted molar refractivity (Wildman–Crippen MR) is 70.5 cm³/mol. The summed E-state index contributed by atoms with van der Waals surface area (Å²) in [6, 6.07) is 5.91. The minimum absolute atomic E-state index is 0.0622. The number of halogens is 1. The highest BCUT2D eigenvalue weighted by Gasteiger charge is 2.12. The largest absolute Gasteiger partial charge is 0.350 e. The Labute approximate surface area is 108 Å². The molecule has 0 fully saturated rings. The molecule has 1 aromatic carbocycles. The van der Waals surface area contributed by atoms with Crippen LogP contribution in [0.4, 0.5) is 4.39 Å². The van der Waals surface area contributed by atoms with Crippen LogP contribution in [0.1, 0.15) is 44.7 Å². The molecule has 3 nitrogen and oxygen atoms in total. The maximum Gasteiger partial charge on any atom is 0.222 e. The van der Waals surface area contributed by atoms with Crippen LogP contribution in [0.2, 0.25) is 0 Å². The Hall–Kier alpha value is -1.42. The van der Waals surface area contributed by atoms with Gasteiger partial charge in [0, 0.05) is 12.5 Å². The van der Waals surface area contributed by atoms with Crippen LogP contribution in [0.15, 0.2) is 24.3 Å². The number of rotatable bonds is 6. The number of nitrogens with one attached hydrogen (secondary N) is 1. The normalized spacial score (nSPS) is 14.0. The van der Waals surface area contributed by atoms with Gasteiger partial charge in [-0.2, -0.15) is 0 Å². The fraction of sp³-hybridized carbons (Fsp3) is 0.500. The first kappa shape index (κ1) is 14.6. The SMILES string of the molecule is CCCC(N)CC(=O)NC(C)c1ccc(F)cc1. The van der Waals surface area contributed by atoms with Crippen LogP contribution in [0, 0.1) is 5.82 Å². The first-order valence-corrected chi connectivity index (χ1v) is 6.33. The second-order valence-electron chi connectivity index (χ2n) is 4.59. The molecule has 0 spiro atoms. The minimum atomic E-state index is -0.276. The molecule has 0 saturated carbocycles. The first-order chi connectivity index (χ1) is 8.52. The number of carbonyl (C=O) groups excluding carboxylic acids is 1. The zero-order valence-corrected chi connectivity index (χ0v) is 10.9. The molecule has 100 valence electrons. The van der Waals surface area contributed by atoms with Crippen molar-refractivity contribution >= 4 is 5.91 Å². The van der Waals surface area contributed by atoms with Gasteiger partial charge in [0.1, 0.15) is 5.82 Å². The van der Waals surface area contributed by atoms with E-state index in [1.165, 1.54) is 12.1 Å². The standard InChI is InChI=1S/C14H21FN2O/c1-3-4-13(16)9-14(18)17-10(2)11-5-7-12(15)8-6-11/h5-8,10,13H,3-4,9,16H2,1-2H3,(H,17,18). The summed E-state index contributed by atoms with van der Waals surface area (Å²) in [5, 5.41) is 2.86. The summed E-state index contributed by atoms with van der Waals surface area (Å²) in [7, 11) is 0. The predicted octanol–water partition coefficient (Wildman–Crippen LogP) is 2.52. The van der Waals surface area contributed by atoms with E-state index >= 15 is 0 Å². The molecule has 2 atom stereocenters. The van der Waals surface area contributed by atoms with Crippen molar-refractivity contribution in [2.75, 3.05) is 0 Å². The van der Waals surface area contributed by atoms with Crippen LogP contribution in [0.3, 0.4) is 0 Å². The molecule has 2 unspecified atom stereocenters. The molecule has 0 heterocycles. The van der Waals surface area contributed by atoms with Crippen LogP contribution in [0.5, 0.6) is 0 Å². The molecule has 1 aromatic rings. The van der Waals surface area contributed by atoms with E-state index in [4.69, 9.17) is 5.73 Å². The molecular weight excluding hydrogens is 231 g/mol. The van der Waals surface area contributed by atoms with Gasteiger partial charge in [-0.3, -0.25) is 4.79 Å². The maximum absolute atomic E-state index is 12.8. The molecule has 18 heavy (non-hydrogen) atoms. The Morgan fingerprint density at radius 2 is 2.00 bits per heavy atom. The van der Waals surface area contributed by atoms with Gasteiger partial charge in [0.25, 0.3) is 0 Å². The smallest absolute Gasteiger partial charge is 0.222 e. The van der Waals surface area contributed by atoms with E-state index in [0.717, 1.165) is 18.4 Å². The van der Waals surface area contributed by atoms with Crippen LogP contribution < -0.4 is 11.1 Å². The van der Waals surface area contributed by atoms with Crippen molar-refractivity contribution < 1.29 is 9.18 Å². The zero-order chi connectivity index (χ0) is 13.5. The highest BCUT2D eigenvalue weighted by atomic mass is 19.1. The van der Waals surface area contributed by atoms with Crippen molar-refractivity contribution in [2.24, 2.45) is 5.73 Å². The molecule has 0 aliphatic heterocycles. The fourth-order valence-corrected chi connectivity index (χ4v) is 1.85. The van der Waals surface area contributed by atoms with Gasteiger partial charge in [-0.05, 0) is 31.0 Å². The van der Waals surface area contributed by atoms with E-state index in [-0.39, 0.29) is 23.8 Å². The van der Waals surface area contributed by atoms with Gasteiger partial charge in [0.15, 0.2) is 0 Å². The number of carbonyl (C=O) groups is 1. The van der Waals surface area contributed by atoms with Gasteiger partial charge in [-0.15, -0.1) is 0 Å². The average Bonchev–Trinajstić information content (AvgIpc) is 2.29. The van der Waals surface area contributed by atoms with E-state index in [1.807, 2.05) is 13.8 Å². The number of amides is 1. The van der Waals surface area contributed by atoms with Gasteiger partial charge in [0.2, 0.25) is 5.91 Å². The number of hydrogen-bond donors (Lipinski definition) is 2. The second kappa shape index (κ2) is 7.11. The van der Waals surface area contributed by atoms with Crippen molar-refractivity contribution in [3.8, 4) is 0 Å². The third-order valence-electron chi connectivity index (χ3n) is 2.85. The van der Waals surface area contributed by atoms with Gasteiger partial charge in [-0.25, -0.2) is 4.39 Å². The summed E-state index contributed by atoms with van der Waals surface area (Å²) in [5.41, 5.74) is 6.69. The Bertz CT molecular complexity index is 378. The second-order valence-corrected chi connectivity index (χ2v) is 4.59. The van der Waals surface area contributed by atoms with Crippen LogP contribution in [-0.4, -0.2) is 11.9 Å². The third kappa shape index (κ3) is 4.84. The summed E-state index contributed by atoms with van der Waals surface area (Å²) >= 11 is 0. The summed E-state index contributed by atoms with van der Waals surface area (Å²) in [4.78, 5) is 11.7. The van der Waals surface area contributed by atoms with Gasteiger partial charge in [-0.1, -0.05) is 25.5 Å². The molecule has 0 radical (unpaired) electrons. The van der Waals surface area contributed by atoms with Crippen molar-refractivity contribution in [3.05, 3.63) is 35.6 Å². The number of hydrogen-bond acceptors (Lipinski definition) is 2. The quantitative estimate of drug-likeness (QED) is 0.817. The first-order valence-electron chi connectivity index (χ1n) is 6.33. The number of benzene rings is 1. The van der Waals surface area contributed by atoms with Gasteiger partial charge < -0.3 is 11.1 Å². The Morgan fingerprint density at radius 1 is 1.39 bits per heavy atom. The Kier molecular flexibility index (Phi) is 5.78. The number of nitrogens with two attached hydrogens (primary N) is 1. The van der Waals surface area contributed by atoms with E-state index in [0.29, 0.717) is 6.42 Å². The highest BCUT2D eigenvalue weighted by Crippen LogP contribution is 2.13. The van der Waals surface area contributed by atoms with Gasteiger partial charge >= 0.3 is 0 Å².